The smallest absolute Gasteiger partial charge is 0.282 e. The number of halogens is 5. The Bertz CT molecular complexity index is 500. The summed E-state index contributed by atoms with van der Waals surface area (Å²) in [5.74, 6) is -5.04. The predicted molar refractivity (Wildman–Crippen MR) is 61.6 cm³/mol. The second-order valence-corrected chi connectivity index (χ2v) is 5.89. The summed E-state index contributed by atoms with van der Waals surface area (Å²) >= 11 is 2.34. The zero-order valence-electron chi connectivity index (χ0n) is 6.56. The fraction of sp³-hybridized carbons (Fsp3) is 0. The van der Waals surface area contributed by atoms with E-state index in [0.29, 0.717) is 0 Å². The summed E-state index contributed by atoms with van der Waals surface area (Å²) in [4.78, 5) is -0.958. The van der Waals surface area contributed by atoms with E-state index in [4.69, 9.17) is 4.55 Å². The Labute approximate surface area is 110 Å². The minimum Gasteiger partial charge on any atom is -0.282 e. The average molecular weight is 464 g/mol. The third kappa shape index (κ3) is 2.39. The minimum atomic E-state index is -4.79. The van der Waals surface area contributed by atoms with Gasteiger partial charge in [0.25, 0.3) is 10.1 Å². The van der Waals surface area contributed by atoms with Crippen molar-refractivity contribution in [1.29, 1.82) is 0 Å². The summed E-state index contributed by atoms with van der Waals surface area (Å²) in [5.41, 5.74) is 0. The molecular weight excluding hydrogens is 463 g/mol. The van der Waals surface area contributed by atoms with E-state index < -0.39 is 39.6 Å². The van der Waals surface area contributed by atoms with Gasteiger partial charge in [0, 0.05) is 0 Å². The number of hydrogen-bond acceptors (Lipinski definition) is 2. The fourth-order valence-electron chi connectivity index (χ4n) is 0.811. The van der Waals surface area contributed by atoms with Crippen LogP contribution in [0, 0.1) is 24.6 Å². The first kappa shape index (κ1) is 13.4. The first-order valence-corrected chi connectivity index (χ1v) is 6.76. The standard InChI is InChI=1S/C6HF3I2O3S/c7-1-2(8)4(10)6(15(12,13)14)5(11)3(1)9/h(H,12,13,14). The van der Waals surface area contributed by atoms with Crippen LogP contribution in [0.5, 0.6) is 0 Å². The van der Waals surface area contributed by atoms with Crippen molar-refractivity contribution < 1.29 is 26.1 Å². The molecule has 1 rings (SSSR count). The fourth-order valence-corrected chi connectivity index (χ4v) is 4.64. The maximum Gasteiger partial charge on any atom is 0.296 e. The molecule has 84 valence electrons. The molecule has 0 bridgehead atoms. The number of rotatable bonds is 1. The van der Waals surface area contributed by atoms with Crippen molar-refractivity contribution in [1.82, 2.24) is 0 Å². The van der Waals surface area contributed by atoms with Crippen molar-refractivity contribution in [2.45, 2.75) is 4.90 Å². The molecule has 0 fully saturated rings. The molecule has 0 spiro atoms. The van der Waals surface area contributed by atoms with E-state index in [-0.39, 0.29) is 0 Å². The van der Waals surface area contributed by atoms with Gasteiger partial charge in [-0.15, -0.1) is 0 Å². The molecular formula is C6HF3I2O3S. The summed E-state index contributed by atoms with van der Waals surface area (Å²) < 4.78 is 67.6. The molecule has 1 aromatic carbocycles. The van der Waals surface area contributed by atoms with Gasteiger partial charge in [0.05, 0.1) is 7.14 Å². The van der Waals surface area contributed by atoms with Gasteiger partial charge in [0.15, 0.2) is 17.5 Å². The van der Waals surface area contributed by atoms with Crippen molar-refractivity contribution >= 4 is 55.3 Å². The molecule has 0 aliphatic rings. The molecule has 0 unspecified atom stereocenters. The molecule has 0 radical (unpaired) electrons. The van der Waals surface area contributed by atoms with E-state index in [0.717, 1.165) is 0 Å². The summed E-state index contributed by atoms with van der Waals surface area (Å²) in [6.45, 7) is 0. The monoisotopic (exact) mass is 464 g/mol. The molecule has 1 N–H and O–H groups in total. The highest BCUT2D eigenvalue weighted by Gasteiger charge is 2.28. The van der Waals surface area contributed by atoms with Gasteiger partial charge < -0.3 is 0 Å². The van der Waals surface area contributed by atoms with Crippen LogP contribution in [0.2, 0.25) is 0 Å². The van der Waals surface area contributed by atoms with Crippen LogP contribution in [-0.4, -0.2) is 13.0 Å². The van der Waals surface area contributed by atoms with Crippen molar-refractivity contribution in [3.05, 3.63) is 24.6 Å². The van der Waals surface area contributed by atoms with Gasteiger partial charge >= 0.3 is 0 Å². The van der Waals surface area contributed by atoms with Gasteiger partial charge in [0.2, 0.25) is 0 Å². The first-order chi connectivity index (χ1) is 6.68. The highest BCUT2D eigenvalue weighted by molar-refractivity contribution is 14.1. The molecule has 3 nitrogen and oxygen atoms in total. The SMILES string of the molecule is O=S(=O)(O)c1c(I)c(F)c(F)c(F)c1I. The molecule has 0 aliphatic heterocycles. The number of benzene rings is 1. The molecule has 9 heteroatoms. The van der Waals surface area contributed by atoms with Gasteiger partial charge in [0.1, 0.15) is 4.90 Å². The summed E-state index contributed by atoms with van der Waals surface area (Å²) in [5, 5.41) is 0. The third-order valence-electron chi connectivity index (χ3n) is 1.43. The molecule has 0 heterocycles. The molecule has 0 aromatic heterocycles. The lowest BCUT2D eigenvalue weighted by atomic mass is 10.3. The van der Waals surface area contributed by atoms with Crippen molar-refractivity contribution in [3.63, 3.8) is 0 Å². The number of hydrogen-bond donors (Lipinski definition) is 1. The van der Waals surface area contributed by atoms with Crippen LogP contribution in [0.15, 0.2) is 4.90 Å². The molecule has 0 amide bonds. The van der Waals surface area contributed by atoms with Crippen LogP contribution in [0.3, 0.4) is 0 Å². The van der Waals surface area contributed by atoms with Gasteiger partial charge in [-0.3, -0.25) is 4.55 Å². The molecule has 0 aliphatic carbocycles. The predicted octanol–water partition coefficient (Wildman–Crippen LogP) is 2.56. The van der Waals surface area contributed by atoms with E-state index in [9.17, 15) is 21.6 Å². The third-order valence-corrected chi connectivity index (χ3v) is 5.11. The summed E-state index contributed by atoms with van der Waals surface area (Å²) in [6.07, 6.45) is 0. The van der Waals surface area contributed by atoms with Crippen molar-refractivity contribution in [2.24, 2.45) is 0 Å². The Morgan fingerprint density at radius 1 is 0.933 bits per heavy atom. The second-order valence-electron chi connectivity index (χ2n) is 2.37. The van der Waals surface area contributed by atoms with E-state index in [1.807, 2.05) is 0 Å². The molecule has 0 saturated heterocycles. The maximum absolute atomic E-state index is 13.0. The minimum absolute atomic E-state index is 0.682. The Kier molecular flexibility index (Phi) is 3.88. The van der Waals surface area contributed by atoms with Crippen LogP contribution in [0.1, 0.15) is 0 Å². The summed E-state index contributed by atoms with van der Waals surface area (Å²) in [6, 6.07) is 0. The van der Waals surface area contributed by atoms with Gasteiger partial charge in [-0.25, -0.2) is 13.2 Å². The van der Waals surface area contributed by atoms with Crippen LogP contribution in [0.25, 0.3) is 0 Å². The second kappa shape index (κ2) is 4.33. The Morgan fingerprint density at radius 3 is 1.53 bits per heavy atom. The first-order valence-electron chi connectivity index (χ1n) is 3.16. The topological polar surface area (TPSA) is 54.4 Å². The highest BCUT2D eigenvalue weighted by Crippen LogP contribution is 2.30. The van der Waals surface area contributed by atoms with E-state index in [2.05, 4.69) is 0 Å². The van der Waals surface area contributed by atoms with E-state index in [1.54, 1.807) is 0 Å². The van der Waals surface area contributed by atoms with Crippen LogP contribution >= 0.6 is 45.2 Å². The van der Waals surface area contributed by atoms with E-state index in [1.165, 1.54) is 45.2 Å². The Morgan fingerprint density at radius 2 is 1.27 bits per heavy atom. The molecule has 1 aromatic rings. The quantitative estimate of drug-likeness (QED) is 0.301. The normalized spacial score (nSPS) is 11.9. The van der Waals surface area contributed by atoms with Crippen LogP contribution in [0.4, 0.5) is 13.2 Å². The maximum atomic E-state index is 13.0. The van der Waals surface area contributed by atoms with Gasteiger partial charge in [-0.05, 0) is 45.2 Å². The Balaban J connectivity index is 3.84. The zero-order valence-corrected chi connectivity index (χ0v) is 11.7. The highest BCUT2D eigenvalue weighted by atomic mass is 127. The van der Waals surface area contributed by atoms with E-state index >= 15 is 0 Å². The molecule has 15 heavy (non-hydrogen) atoms. The van der Waals surface area contributed by atoms with Crippen molar-refractivity contribution in [3.8, 4) is 0 Å². The van der Waals surface area contributed by atoms with Crippen LogP contribution in [-0.2, 0) is 10.1 Å². The Hall–Kier alpha value is 0.380. The lowest BCUT2D eigenvalue weighted by molar-refractivity contribution is 0.429. The molecule has 0 saturated carbocycles. The van der Waals surface area contributed by atoms with Crippen LogP contribution < -0.4 is 0 Å². The average Bonchev–Trinajstić information content (AvgIpc) is 2.09. The lowest BCUT2D eigenvalue weighted by Crippen LogP contribution is -2.10. The zero-order chi connectivity index (χ0) is 12.0. The molecule has 0 atom stereocenters. The van der Waals surface area contributed by atoms with Gasteiger partial charge in [-0.2, -0.15) is 8.42 Å². The lowest BCUT2D eigenvalue weighted by Gasteiger charge is -2.07. The van der Waals surface area contributed by atoms with Crippen molar-refractivity contribution in [2.75, 3.05) is 0 Å². The van der Waals surface area contributed by atoms with Gasteiger partial charge in [-0.1, -0.05) is 0 Å². The summed E-state index contributed by atoms with van der Waals surface area (Å²) in [7, 11) is -4.79. The largest absolute Gasteiger partial charge is 0.296 e.